The van der Waals surface area contributed by atoms with Gasteiger partial charge in [0.05, 0.1) is 13.1 Å². The first-order chi connectivity index (χ1) is 14.8. The van der Waals surface area contributed by atoms with Crippen LogP contribution in [0.15, 0.2) is 58.5 Å². The molecule has 0 radical (unpaired) electrons. The van der Waals surface area contributed by atoms with Crippen molar-refractivity contribution in [3.63, 3.8) is 0 Å². The van der Waals surface area contributed by atoms with Gasteiger partial charge in [0.25, 0.3) is 0 Å². The quantitative estimate of drug-likeness (QED) is 0.360. The maximum atomic E-state index is 4.51. The predicted octanol–water partition coefficient (Wildman–Crippen LogP) is 4.36. The standard InChI is InChI=1S/C24H22N6.2ClH/c1-2-17(24-27-9-10-28-24)14-22-15(1)12-19(30-22)4-5-20-13-18-11-16(3-6-21(18)29-20)23-25-7-8-26-23;;/h1-6,11-14,29-30H,7-10H2,(H,25,26)(H,27,28);2*1H/b5-4+;;. The molecule has 32 heavy (non-hydrogen) atoms. The highest BCUT2D eigenvalue weighted by atomic mass is 35.5. The Hall–Kier alpha value is -3.22. The Morgan fingerprint density at radius 1 is 0.625 bits per heavy atom. The van der Waals surface area contributed by atoms with E-state index in [-0.39, 0.29) is 24.8 Å². The maximum Gasteiger partial charge on any atom is 0.128 e. The first-order valence-corrected chi connectivity index (χ1v) is 10.3. The molecule has 8 heteroatoms. The summed E-state index contributed by atoms with van der Waals surface area (Å²) >= 11 is 0. The van der Waals surface area contributed by atoms with Crippen LogP contribution in [-0.2, 0) is 0 Å². The fourth-order valence-corrected chi connectivity index (χ4v) is 4.14. The van der Waals surface area contributed by atoms with Crippen molar-refractivity contribution in [3.8, 4) is 0 Å². The van der Waals surface area contributed by atoms with Crippen LogP contribution in [0.1, 0.15) is 22.5 Å². The van der Waals surface area contributed by atoms with Crippen LogP contribution in [0.2, 0.25) is 0 Å². The van der Waals surface area contributed by atoms with Crippen molar-refractivity contribution in [2.24, 2.45) is 9.98 Å². The third-order valence-electron chi connectivity index (χ3n) is 5.62. The first-order valence-electron chi connectivity index (χ1n) is 10.3. The second-order valence-electron chi connectivity index (χ2n) is 7.70. The van der Waals surface area contributed by atoms with Gasteiger partial charge in [0.1, 0.15) is 11.7 Å². The van der Waals surface area contributed by atoms with Crippen LogP contribution in [0.25, 0.3) is 34.0 Å². The number of nitrogens with one attached hydrogen (secondary N) is 4. The summed E-state index contributed by atoms with van der Waals surface area (Å²) in [6.07, 6.45) is 4.22. The first kappa shape index (κ1) is 22.0. The Labute approximate surface area is 198 Å². The van der Waals surface area contributed by atoms with Gasteiger partial charge in [0.15, 0.2) is 0 Å². The van der Waals surface area contributed by atoms with E-state index >= 15 is 0 Å². The molecule has 2 aromatic carbocycles. The average Bonchev–Trinajstić information content (AvgIpc) is 3.56. The number of aromatic amines is 2. The van der Waals surface area contributed by atoms with E-state index in [0.717, 1.165) is 71.4 Å². The smallest absolute Gasteiger partial charge is 0.128 e. The van der Waals surface area contributed by atoms with E-state index in [1.165, 1.54) is 10.8 Å². The summed E-state index contributed by atoms with van der Waals surface area (Å²) in [5.74, 6) is 1.98. The largest absolute Gasteiger partial charge is 0.368 e. The molecule has 0 spiro atoms. The van der Waals surface area contributed by atoms with Gasteiger partial charge in [-0.2, -0.15) is 0 Å². The fraction of sp³-hybridized carbons (Fsp3) is 0.167. The fourth-order valence-electron chi connectivity index (χ4n) is 4.14. The van der Waals surface area contributed by atoms with E-state index in [1.54, 1.807) is 0 Å². The second-order valence-corrected chi connectivity index (χ2v) is 7.70. The van der Waals surface area contributed by atoms with Crippen LogP contribution >= 0.6 is 24.8 Å². The molecule has 0 unspecified atom stereocenters. The molecule has 6 rings (SSSR count). The van der Waals surface area contributed by atoms with Crippen molar-refractivity contribution in [2.75, 3.05) is 26.2 Å². The summed E-state index contributed by atoms with van der Waals surface area (Å²) in [5, 5.41) is 9.05. The molecule has 0 atom stereocenters. The zero-order valence-electron chi connectivity index (χ0n) is 17.3. The number of aliphatic imine (C=N–C) groups is 2. The minimum Gasteiger partial charge on any atom is -0.368 e. The van der Waals surface area contributed by atoms with Crippen LogP contribution in [0.3, 0.4) is 0 Å². The minimum atomic E-state index is 0. The van der Waals surface area contributed by atoms with Crippen molar-refractivity contribution in [1.82, 2.24) is 20.6 Å². The van der Waals surface area contributed by atoms with E-state index in [1.807, 2.05) is 0 Å². The SMILES string of the molecule is C(=C\c1cc2ccc(C3=NCCN3)cc2[nH]1)/c1cc2cc(C3=NCCN3)ccc2[nH]1.Cl.Cl. The molecule has 0 saturated carbocycles. The number of H-pyrrole nitrogens is 2. The number of nitrogens with zero attached hydrogens (tertiary/aromatic N) is 2. The van der Waals surface area contributed by atoms with Gasteiger partial charge in [-0.05, 0) is 48.6 Å². The second kappa shape index (κ2) is 9.10. The van der Waals surface area contributed by atoms with E-state index in [0.29, 0.717) is 0 Å². The van der Waals surface area contributed by atoms with Crippen LogP contribution in [0, 0.1) is 0 Å². The van der Waals surface area contributed by atoms with E-state index in [2.05, 4.69) is 91.3 Å². The number of aromatic nitrogens is 2. The van der Waals surface area contributed by atoms with Crippen molar-refractivity contribution < 1.29 is 0 Å². The zero-order valence-corrected chi connectivity index (χ0v) is 18.9. The molecular weight excluding hydrogens is 443 g/mol. The monoisotopic (exact) mass is 466 g/mol. The zero-order chi connectivity index (χ0) is 19.9. The lowest BCUT2D eigenvalue weighted by Gasteiger charge is -2.01. The average molecular weight is 467 g/mol. The number of fused-ring (bicyclic) bond motifs is 2. The highest BCUT2D eigenvalue weighted by Crippen LogP contribution is 2.22. The number of benzene rings is 2. The minimum absolute atomic E-state index is 0. The molecule has 4 N–H and O–H groups in total. The molecule has 0 bridgehead atoms. The van der Waals surface area contributed by atoms with Gasteiger partial charge in [0.2, 0.25) is 0 Å². The lowest BCUT2D eigenvalue weighted by molar-refractivity contribution is 0.960. The Morgan fingerprint density at radius 2 is 1.22 bits per heavy atom. The van der Waals surface area contributed by atoms with E-state index in [4.69, 9.17) is 0 Å². The Kier molecular flexibility index (Phi) is 6.26. The lowest BCUT2D eigenvalue weighted by Crippen LogP contribution is -2.19. The number of amidine groups is 2. The molecule has 4 aromatic rings. The molecule has 0 amide bonds. The highest BCUT2D eigenvalue weighted by Gasteiger charge is 2.10. The molecule has 2 aliphatic heterocycles. The molecule has 2 aliphatic rings. The van der Waals surface area contributed by atoms with Crippen LogP contribution in [0.4, 0.5) is 0 Å². The van der Waals surface area contributed by atoms with Gasteiger partial charge in [-0.3, -0.25) is 9.98 Å². The van der Waals surface area contributed by atoms with Gasteiger partial charge in [-0.25, -0.2) is 0 Å². The van der Waals surface area contributed by atoms with Gasteiger partial charge in [0, 0.05) is 57.4 Å². The molecule has 6 nitrogen and oxygen atoms in total. The van der Waals surface area contributed by atoms with Gasteiger partial charge in [-0.1, -0.05) is 12.1 Å². The Bertz CT molecular complexity index is 1260. The summed E-state index contributed by atoms with van der Waals surface area (Å²) in [6, 6.07) is 17.2. The Balaban J connectivity index is 0.00000122. The summed E-state index contributed by atoms with van der Waals surface area (Å²) in [6.45, 7) is 3.54. The molecule has 164 valence electrons. The van der Waals surface area contributed by atoms with Crippen LogP contribution in [0.5, 0.6) is 0 Å². The highest BCUT2D eigenvalue weighted by molar-refractivity contribution is 6.03. The topological polar surface area (TPSA) is 80.4 Å². The van der Waals surface area contributed by atoms with Crippen molar-refractivity contribution in [3.05, 3.63) is 71.0 Å². The van der Waals surface area contributed by atoms with Crippen molar-refractivity contribution in [1.29, 1.82) is 0 Å². The number of rotatable bonds is 4. The summed E-state index contributed by atoms with van der Waals surface area (Å²) < 4.78 is 0. The lowest BCUT2D eigenvalue weighted by atomic mass is 10.1. The summed E-state index contributed by atoms with van der Waals surface area (Å²) in [7, 11) is 0. The molecular formula is C24H24Cl2N6. The summed E-state index contributed by atoms with van der Waals surface area (Å²) in [5.41, 5.74) is 6.67. The van der Waals surface area contributed by atoms with E-state index in [9.17, 15) is 0 Å². The Morgan fingerprint density at radius 3 is 1.88 bits per heavy atom. The number of hydrogen-bond donors (Lipinski definition) is 4. The molecule has 0 saturated heterocycles. The van der Waals surface area contributed by atoms with Gasteiger partial charge < -0.3 is 20.6 Å². The normalized spacial score (nSPS) is 15.2. The van der Waals surface area contributed by atoms with E-state index < -0.39 is 0 Å². The molecule has 4 heterocycles. The van der Waals surface area contributed by atoms with Crippen LogP contribution in [-0.4, -0.2) is 47.8 Å². The maximum absolute atomic E-state index is 4.51. The summed E-state index contributed by atoms with van der Waals surface area (Å²) in [4.78, 5) is 16.0. The van der Waals surface area contributed by atoms with Crippen molar-refractivity contribution >= 4 is 70.4 Å². The van der Waals surface area contributed by atoms with Gasteiger partial charge in [-0.15, -0.1) is 24.8 Å². The predicted molar refractivity (Wildman–Crippen MR) is 139 cm³/mol. The van der Waals surface area contributed by atoms with Crippen LogP contribution < -0.4 is 10.6 Å². The number of hydrogen-bond acceptors (Lipinski definition) is 4. The molecule has 0 aliphatic carbocycles. The third kappa shape index (κ3) is 4.11. The van der Waals surface area contributed by atoms with Gasteiger partial charge >= 0.3 is 0 Å². The third-order valence-corrected chi connectivity index (χ3v) is 5.62. The van der Waals surface area contributed by atoms with Crippen molar-refractivity contribution in [2.45, 2.75) is 0 Å². The number of halogens is 2. The molecule has 2 aromatic heterocycles. The molecule has 0 fully saturated rings.